The Bertz CT molecular complexity index is 651. The fraction of sp³-hybridized carbons (Fsp3) is 0.619. The second kappa shape index (κ2) is 13.9. The Balaban J connectivity index is 0.00000420. The molecule has 1 aromatic rings. The van der Waals surface area contributed by atoms with E-state index in [0.29, 0.717) is 29.7 Å². The third-order valence-electron chi connectivity index (χ3n) is 5.03. The summed E-state index contributed by atoms with van der Waals surface area (Å²) in [6.45, 7) is 7.38. The van der Waals surface area contributed by atoms with Crippen LogP contribution in [0.25, 0.3) is 0 Å². The van der Waals surface area contributed by atoms with E-state index < -0.39 is 0 Å². The highest BCUT2D eigenvalue weighted by Gasteiger charge is 2.23. The molecule has 164 valence electrons. The maximum Gasteiger partial charge on any atom is 0.220 e. The van der Waals surface area contributed by atoms with E-state index in [0.717, 1.165) is 44.9 Å². The van der Waals surface area contributed by atoms with Gasteiger partial charge in [0, 0.05) is 33.1 Å². The molecule has 0 radical (unpaired) electrons. The minimum Gasteiger partial charge on any atom is -0.487 e. The van der Waals surface area contributed by atoms with Crippen LogP contribution in [0.5, 0.6) is 5.75 Å². The van der Waals surface area contributed by atoms with Crippen LogP contribution in [0.4, 0.5) is 0 Å². The summed E-state index contributed by atoms with van der Waals surface area (Å²) >= 11 is 6.21. The third kappa shape index (κ3) is 8.58. The zero-order valence-electron chi connectivity index (χ0n) is 17.6. The van der Waals surface area contributed by atoms with Gasteiger partial charge in [0.15, 0.2) is 5.96 Å². The number of piperidine rings is 1. The van der Waals surface area contributed by atoms with Crippen molar-refractivity contribution >= 4 is 47.4 Å². The zero-order chi connectivity index (χ0) is 20.4. The Hall–Kier alpha value is -1.22. The Morgan fingerprint density at radius 2 is 2.00 bits per heavy atom. The van der Waals surface area contributed by atoms with Gasteiger partial charge in [0.1, 0.15) is 11.9 Å². The molecule has 1 aliphatic rings. The molecule has 1 fully saturated rings. The van der Waals surface area contributed by atoms with Crippen LogP contribution in [0.1, 0.15) is 39.5 Å². The average molecular weight is 537 g/mol. The zero-order valence-corrected chi connectivity index (χ0v) is 20.7. The summed E-state index contributed by atoms with van der Waals surface area (Å²) in [4.78, 5) is 18.7. The lowest BCUT2D eigenvalue weighted by molar-refractivity contribution is -0.121. The van der Waals surface area contributed by atoms with Crippen LogP contribution in [-0.4, -0.2) is 56.1 Å². The van der Waals surface area contributed by atoms with Crippen molar-refractivity contribution in [1.82, 2.24) is 15.5 Å². The van der Waals surface area contributed by atoms with Crippen molar-refractivity contribution in [3.8, 4) is 5.75 Å². The number of rotatable bonds is 8. The van der Waals surface area contributed by atoms with Crippen molar-refractivity contribution in [2.24, 2.45) is 10.9 Å². The fourth-order valence-electron chi connectivity index (χ4n) is 3.30. The molecule has 0 bridgehead atoms. The monoisotopic (exact) mass is 536 g/mol. The number of carbonyl (C=O) groups excluding carboxylic acids is 1. The molecule has 8 heteroatoms. The molecular formula is C21H34ClIN4O2. The van der Waals surface area contributed by atoms with Crippen molar-refractivity contribution in [3.63, 3.8) is 0 Å². The Kier molecular flexibility index (Phi) is 12.4. The number of nitrogens with zero attached hydrogens (tertiary/aromatic N) is 2. The highest BCUT2D eigenvalue weighted by molar-refractivity contribution is 14.0. The molecule has 6 nitrogen and oxygen atoms in total. The second-order valence-electron chi connectivity index (χ2n) is 7.08. The standard InChI is InChI=1S/C21H33ClN4O2.HI/c1-4-17(28-19-9-7-6-8-18(19)22)15-25-21(24-5-2)26-12-10-16(11-13-26)14-20(27)23-3;/h6-9,16-17H,4-5,10-15H2,1-3H3,(H,23,27)(H,24,25);1H. The minimum absolute atomic E-state index is 0. The molecule has 0 aliphatic carbocycles. The normalized spacial score (nSPS) is 16.0. The maximum atomic E-state index is 11.6. The van der Waals surface area contributed by atoms with Gasteiger partial charge in [0.25, 0.3) is 0 Å². The lowest BCUT2D eigenvalue weighted by Crippen LogP contribution is -2.46. The molecule has 1 amide bonds. The van der Waals surface area contributed by atoms with Crippen LogP contribution < -0.4 is 15.4 Å². The predicted molar refractivity (Wildman–Crippen MR) is 131 cm³/mol. The SMILES string of the molecule is CCNC(=NCC(CC)Oc1ccccc1Cl)N1CCC(CC(=O)NC)CC1.I. The lowest BCUT2D eigenvalue weighted by Gasteiger charge is -2.34. The average Bonchev–Trinajstić information content (AvgIpc) is 2.72. The van der Waals surface area contributed by atoms with Crippen LogP contribution in [0.15, 0.2) is 29.3 Å². The Morgan fingerprint density at radius 3 is 2.59 bits per heavy atom. The van der Waals surface area contributed by atoms with Crippen LogP contribution >= 0.6 is 35.6 Å². The summed E-state index contributed by atoms with van der Waals surface area (Å²) in [5.74, 6) is 2.20. The summed E-state index contributed by atoms with van der Waals surface area (Å²) in [5, 5.41) is 6.73. The Morgan fingerprint density at radius 1 is 1.31 bits per heavy atom. The van der Waals surface area contributed by atoms with Gasteiger partial charge in [-0.2, -0.15) is 0 Å². The number of hydrogen-bond acceptors (Lipinski definition) is 3. The largest absolute Gasteiger partial charge is 0.487 e. The molecule has 0 saturated carbocycles. The van der Waals surface area contributed by atoms with Crippen molar-refractivity contribution in [2.75, 3.05) is 33.2 Å². The number of para-hydroxylation sites is 1. The van der Waals surface area contributed by atoms with Gasteiger partial charge in [-0.25, -0.2) is 4.99 Å². The third-order valence-corrected chi connectivity index (χ3v) is 5.34. The van der Waals surface area contributed by atoms with E-state index in [1.807, 2.05) is 24.3 Å². The number of amides is 1. The molecule has 0 spiro atoms. The number of halogens is 2. The van der Waals surface area contributed by atoms with Crippen molar-refractivity contribution < 1.29 is 9.53 Å². The van der Waals surface area contributed by atoms with E-state index >= 15 is 0 Å². The van der Waals surface area contributed by atoms with Gasteiger partial charge in [-0.1, -0.05) is 30.7 Å². The van der Waals surface area contributed by atoms with E-state index in [-0.39, 0.29) is 36.0 Å². The van der Waals surface area contributed by atoms with Crippen molar-refractivity contribution in [3.05, 3.63) is 29.3 Å². The van der Waals surface area contributed by atoms with E-state index in [1.54, 1.807) is 7.05 Å². The number of carbonyl (C=O) groups is 1. The van der Waals surface area contributed by atoms with Gasteiger partial charge in [-0.05, 0) is 44.2 Å². The van der Waals surface area contributed by atoms with E-state index in [1.165, 1.54) is 0 Å². The highest BCUT2D eigenvalue weighted by Crippen LogP contribution is 2.25. The quantitative estimate of drug-likeness (QED) is 0.300. The van der Waals surface area contributed by atoms with Gasteiger partial charge in [-0.3, -0.25) is 4.79 Å². The number of hydrogen-bond donors (Lipinski definition) is 2. The lowest BCUT2D eigenvalue weighted by atomic mass is 9.93. The van der Waals surface area contributed by atoms with Gasteiger partial charge >= 0.3 is 0 Å². The number of guanidine groups is 1. The van der Waals surface area contributed by atoms with E-state index in [9.17, 15) is 4.79 Å². The number of ether oxygens (including phenoxy) is 1. The molecule has 1 unspecified atom stereocenters. The molecule has 29 heavy (non-hydrogen) atoms. The first kappa shape index (κ1) is 25.8. The van der Waals surface area contributed by atoms with E-state index in [2.05, 4.69) is 29.4 Å². The molecule has 2 N–H and O–H groups in total. The maximum absolute atomic E-state index is 11.6. The van der Waals surface area contributed by atoms with Gasteiger partial charge in [-0.15, -0.1) is 24.0 Å². The molecule has 2 rings (SSSR count). The van der Waals surface area contributed by atoms with Gasteiger partial charge in [0.2, 0.25) is 5.91 Å². The number of aliphatic imine (C=N–C) groups is 1. The first-order valence-corrected chi connectivity index (χ1v) is 10.6. The van der Waals surface area contributed by atoms with Gasteiger partial charge < -0.3 is 20.3 Å². The molecule has 1 saturated heterocycles. The number of nitrogens with one attached hydrogen (secondary N) is 2. The Labute approximate surface area is 196 Å². The van der Waals surface area contributed by atoms with Crippen LogP contribution in [0, 0.1) is 5.92 Å². The molecule has 1 aromatic carbocycles. The fourth-order valence-corrected chi connectivity index (χ4v) is 3.48. The molecule has 0 aromatic heterocycles. The van der Waals surface area contributed by atoms with Crippen LogP contribution in [-0.2, 0) is 4.79 Å². The summed E-state index contributed by atoms with van der Waals surface area (Å²) < 4.78 is 6.05. The molecule has 1 heterocycles. The summed E-state index contributed by atoms with van der Waals surface area (Å²) in [6, 6.07) is 7.53. The first-order valence-electron chi connectivity index (χ1n) is 10.2. The van der Waals surface area contributed by atoms with Crippen molar-refractivity contribution in [1.29, 1.82) is 0 Å². The van der Waals surface area contributed by atoms with Crippen LogP contribution in [0.2, 0.25) is 5.02 Å². The molecule has 1 aliphatic heterocycles. The first-order chi connectivity index (χ1) is 13.6. The van der Waals surface area contributed by atoms with E-state index in [4.69, 9.17) is 21.3 Å². The summed E-state index contributed by atoms with van der Waals surface area (Å²) in [5.41, 5.74) is 0. The second-order valence-corrected chi connectivity index (χ2v) is 7.49. The topological polar surface area (TPSA) is 66.0 Å². The smallest absolute Gasteiger partial charge is 0.220 e. The minimum atomic E-state index is -0.0284. The highest BCUT2D eigenvalue weighted by atomic mass is 127. The van der Waals surface area contributed by atoms with Gasteiger partial charge in [0.05, 0.1) is 11.6 Å². The summed E-state index contributed by atoms with van der Waals surface area (Å²) in [7, 11) is 1.70. The van der Waals surface area contributed by atoms with Crippen molar-refractivity contribution in [2.45, 2.75) is 45.6 Å². The summed E-state index contributed by atoms with van der Waals surface area (Å²) in [6.07, 6.45) is 3.44. The predicted octanol–water partition coefficient (Wildman–Crippen LogP) is 3.93. The molecule has 1 atom stereocenters. The number of benzene rings is 1. The van der Waals surface area contributed by atoms with Crippen LogP contribution in [0.3, 0.4) is 0 Å². The molecular weight excluding hydrogens is 503 g/mol. The number of likely N-dealkylation sites (tertiary alicyclic amines) is 1.